The normalized spacial score (nSPS) is 16.4. The van der Waals surface area contributed by atoms with E-state index in [1.807, 2.05) is 47.4 Å². The van der Waals surface area contributed by atoms with E-state index in [0.29, 0.717) is 24.6 Å². The molecule has 4 rings (SSSR count). The van der Waals surface area contributed by atoms with Gasteiger partial charge in [-0.3, -0.25) is 4.79 Å². The Bertz CT molecular complexity index is 1230. The SMILES string of the molecule is COCC(=O)N(C[C@@H]1CCNC1)C(c1nc(-c2ccccc2)cn1Cc1cccc(C#N)c1)C(C)(C)C. The van der Waals surface area contributed by atoms with Crippen molar-refractivity contribution in [2.75, 3.05) is 33.4 Å². The van der Waals surface area contributed by atoms with Crippen molar-refractivity contribution in [2.24, 2.45) is 11.3 Å². The fourth-order valence-corrected chi connectivity index (χ4v) is 5.16. The molecule has 2 atom stereocenters. The van der Waals surface area contributed by atoms with Crippen LogP contribution >= 0.6 is 0 Å². The molecule has 1 aromatic heterocycles. The molecule has 0 aliphatic carbocycles. The highest BCUT2D eigenvalue weighted by atomic mass is 16.5. The van der Waals surface area contributed by atoms with Crippen LogP contribution in [0.3, 0.4) is 0 Å². The standard InChI is InChI=1S/C30H37N5O2/c1-30(2,3)28(35(27(36)21-37-4)19-24-13-14-32-17-24)29-33-26(25-11-6-5-7-12-25)20-34(29)18-23-10-8-9-22(15-23)16-31/h5-12,15,20,24,28,32H,13-14,17-19,21H2,1-4H3/t24-,28?/m1/s1. The molecule has 2 heterocycles. The predicted molar refractivity (Wildman–Crippen MR) is 145 cm³/mol. The van der Waals surface area contributed by atoms with E-state index in [1.165, 1.54) is 0 Å². The van der Waals surface area contributed by atoms with Crippen molar-refractivity contribution < 1.29 is 9.53 Å². The lowest BCUT2D eigenvalue weighted by molar-refractivity contribution is -0.141. The Balaban J connectivity index is 1.83. The van der Waals surface area contributed by atoms with Gasteiger partial charge in [0.15, 0.2) is 0 Å². The number of benzene rings is 2. The van der Waals surface area contributed by atoms with Crippen LogP contribution in [0.1, 0.15) is 50.2 Å². The van der Waals surface area contributed by atoms with Gasteiger partial charge in [-0.15, -0.1) is 0 Å². The first kappa shape index (κ1) is 26.6. The van der Waals surface area contributed by atoms with Gasteiger partial charge in [-0.2, -0.15) is 5.26 Å². The number of ether oxygens (including phenoxy) is 1. The van der Waals surface area contributed by atoms with E-state index in [4.69, 9.17) is 9.72 Å². The van der Waals surface area contributed by atoms with Crippen molar-refractivity contribution in [2.45, 2.75) is 39.8 Å². The molecule has 1 saturated heterocycles. The summed E-state index contributed by atoms with van der Waals surface area (Å²) in [5.74, 6) is 1.19. The molecule has 0 saturated carbocycles. The third-order valence-electron chi connectivity index (χ3n) is 6.87. The maximum atomic E-state index is 13.5. The van der Waals surface area contributed by atoms with Crippen LogP contribution in [-0.4, -0.2) is 53.7 Å². The van der Waals surface area contributed by atoms with E-state index in [-0.39, 0.29) is 24.0 Å². The Morgan fingerprint density at radius 2 is 2.03 bits per heavy atom. The molecule has 1 aliphatic heterocycles. The molecule has 3 aromatic rings. The van der Waals surface area contributed by atoms with Gasteiger partial charge in [0.2, 0.25) is 5.91 Å². The molecule has 1 amide bonds. The Labute approximate surface area is 220 Å². The molecule has 37 heavy (non-hydrogen) atoms. The van der Waals surface area contributed by atoms with Crippen LogP contribution in [0.25, 0.3) is 11.3 Å². The molecule has 2 aromatic carbocycles. The zero-order chi connectivity index (χ0) is 26.4. The van der Waals surface area contributed by atoms with E-state index in [2.05, 4.69) is 55.1 Å². The van der Waals surface area contributed by atoms with E-state index >= 15 is 0 Å². The highest BCUT2D eigenvalue weighted by Crippen LogP contribution is 2.40. The number of amides is 1. The second-order valence-electron chi connectivity index (χ2n) is 10.9. The Hall–Kier alpha value is -3.47. The third-order valence-corrected chi connectivity index (χ3v) is 6.87. The monoisotopic (exact) mass is 499 g/mol. The van der Waals surface area contributed by atoms with Gasteiger partial charge >= 0.3 is 0 Å². The summed E-state index contributed by atoms with van der Waals surface area (Å²) < 4.78 is 7.46. The molecule has 1 N–H and O–H groups in total. The summed E-state index contributed by atoms with van der Waals surface area (Å²) in [5.41, 5.74) is 3.24. The average molecular weight is 500 g/mol. The number of rotatable bonds is 9. The van der Waals surface area contributed by atoms with Gasteiger partial charge in [0, 0.05) is 32.0 Å². The summed E-state index contributed by atoms with van der Waals surface area (Å²) in [6.07, 6.45) is 3.11. The Kier molecular flexibility index (Phi) is 8.42. The summed E-state index contributed by atoms with van der Waals surface area (Å²) in [4.78, 5) is 20.7. The number of carbonyl (C=O) groups excluding carboxylic acids is 1. The van der Waals surface area contributed by atoms with Crippen LogP contribution < -0.4 is 5.32 Å². The molecule has 1 unspecified atom stereocenters. The number of hydrogen-bond acceptors (Lipinski definition) is 5. The first-order valence-electron chi connectivity index (χ1n) is 12.9. The van der Waals surface area contributed by atoms with Crippen molar-refractivity contribution >= 4 is 5.91 Å². The third kappa shape index (κ3) is 6.46. The summed E-state index contributed by atoms with van der Waals surface area (Å²) in [6.45, 7) is 9.59. The highest BCUT2D eigenvalue weighted by Gasteiger charge is 2.39. The van der Waals surface area contributed by atoms with Gasteiger partial charge in [0.25, 0.3) is 0 Å². The van der Waals surface area contributed by atoms with E-state index in [9.17, 15) is 10.1 Å². The van der Waals surface area contributed by atoms with Crippen molar-refractivity contribution in [3.8, 4) is 17.3 Å². The highest BCUT2D eigenvalue weighted by molar-refractivity contribution is 5.78. The Morgan fingerprint density at radius 1 is 1.24 bits per heavy atom. The number of nitriles is 1. The van der Waals surface area contributed by atoms with Gasteiger partial charge in [-0.1, -0.05) is 63.2 Å². The first-order valence-corrected chi connectivity index (χ1v) is 12.9. The minimum Gasteiger partial charge on any atom is -0.375 e. The summed E-state index contributed by atoms with van der Waals surface area (Å²) in [5, 5.41) is 12.9. The fraction of sp³-hybridized carbons (Fsp3) is 0.433. The number of nitrogens with zero attached hydrogens (tertiary/aromatic N) is 4. The molecule has 1 aliphatic rings. The lowest BCUT2D eigenvalue weighted by Gasteiger charge is -2.41. The van der Waals surface area contributed by atoms with Crippen molar-refractivity contribution in [3.63, 3.8) is 0 Å². The van der Waals surface area contributed by atoms with Crippen molar-refractivity contribution in [1.29, 1.82) is 5.26 Å². The zero-order valence-corrected chi connectivity index (χ0v) is 22.3. The maximum Gasteiger partial charge on any atom is 0.249 e. The van der Waals surface area contributed by atoms with Crippen LogP contribution in [0.15, 0.2) is 60.8 Å². The quantitative estimate of drug-likeness (QED) is 0.464. The van der Waals surface area contributed by atoms with Crippen LogP contribution in [-0.2, 0) is 16.1 Å². The van der Waals surface area contributed by atoms with Gasteiger partial charge in [0.1, 0.15) is 12.4 Å². The second kappa shape index (κ2) is 11.7. The largest absolute Gasteiger partial charge is 0.375 e. The van der Waals surface area contributed by atoms with Crippen LogP contribution in [0.5, 0.6) is 0 Å². The van der Waals surface area contributed by atoms with Gasteiger partial charge in [0.05, 0.1) is 23.4 Å². The van der Waals surface area contributed by atoms with E-state index < -0.39 is 0 Å². The average Bonchev–Trinajstić information content (AvgIpc) is 3.54. The molecule has 7 heteroatoms. The first-order chi connectivity index (χ1) is 17.8. The van der Waals surface area contributed by atoms with Gasteiger partial charge in [-0.25, -0.2) is 4.98 Å². The molecular formula is C30H37N5O2. The molecule has 0 bridgehead atoms. The van der Waals surface area contributed by atoms with E-state index in [1.54, 1.807) is 7.11 Å². The lowest BCUT2D eigenvalue weighted by Crippen LogP contribution is -2.46. The lowest BCUT2D eigenvalue weighted by atomic mass is 9.84. The fourth-order valence-electron chi connectivity index (χ4n) is 5.16. The summed E-state index contributed by atoms with van der Waals surface area (Å²) >= 11 is 0. The molecular weight excluding hydrogens is 462 g/mol. The topological polar surface area (TPSA) is 83.2 Å². The molecule has 194 valence electrons. The zero-order valence-electron chi connectivity index (χ0n) is 22.3. The maximum absolute atomic E-state index is 13.5. The number of nitrogens with one attached hydrogen (secondary N) is 1. The minimum atomic E-state index is -0.291. The molecule has 7 nitrogen and oxygen atoms in total. The summed E-state index contributed by atoms with van der Waals surface area (Å²) in [7, 11) is 1.57. The smallest absolute Gasteiger partial charge is 0.249 e. The van der Waals surface area contributed by atoms with Crippen molar-refractivity contribution in [1.82, 2.24) is 19.8 Å². The molecule has 0 radical (unpaired) electrons. The van der Waals surface area contributed by atoms with Crippen LogP contribution in [0.2, 0.25) is 0 Å². The predicted octanol–water partition coefficient (Wildman–Crippen LogP) is 4.64. The molecule has 0 spiro atoms. The van der Waals surface area contributed by atoms with Crippen molar-refractivity contribution in [3.05, 3.63) is 77.7 Å². The van der Waals surface area contributed by atoms with Crippen LogP contribution in [0, 0.1) is 22.7 Å². The number of methoxy groups -OCH3 is 1. The second-order valence-corrected chi connectivity index (χ2v) is 10.9. The molecule has 1 fully saturated rings. The van der Waals surface area contributed by atoms with Crippen LogP contribution in [0.4, 0.5) is 0 Å². The van der Waals surface area contributed by atoms with Gasteiger partial charge < -0.3 is 19.5 Å². The number of aromatic nitrogens is 2. The van der Waals surface area contributed by atoms with Gasteiger partial charge in [-0.05, 0) is 48.5 Å². The number of carbonyl (C=O) groups is 1. The minimum absolute atomic E-state index is 0.0309. The van der Waals surface area contributed by atoms with E-state index in [0.717, 1.165) is 42.2 Å². The summed E-state index contributed by atoms with van der Waals surface area (Å²) in [6, 6.07) is 19.7. The Morgan fingerprint density at radius 3 is 2.68 bits per heavy atom. The number of imidazole rings is 1. The number of hydrogen-bond donors (Lipinski definition) is 1.